The number of carbonyl (C=O) groups excluding carboxylic acids is 2. The van der Waals surface area contributed by atoms with Crippen molar-refractivity contribution in [2.75, 3.05) is 6.61 Å². The summed E-state index contributed by atoms with van der Waals surface area (Å²) in [5, 5.41) is 0. The molecular formula is C25H40O4. The Kier molecular flexibility index (Phi) is 14.8. The molecule has 0 bridgehead atoms. The molecule has 0 aliphatic rings. The van der Waals surface area contributed by atoms with Crippen molar-refractivity contribution in [1.29, 1.82) is 0 Å². The average Bonchev–Trinajstić information content (AvgIpc) is 2.71. The maximum absolute atomic E-state index is 11.8. The summed E-state index contributed by atoms with van der Waals surface area (Å²) in [6.07, 6.45) is 13.6. The third-order valence-corrected chi connectivity index (χ3v) is 5.17. The molecule has 4 nitrogen and oxygen atoms in total. The van der Waals surface area contributed by atoms with E-state index in [1.54, 1.807) is 0 Å². The van der Waals surface area contributed by atoms with Crippen LogP contribution in [-0.2, 0) is 25.7 Å². The van der Waals surface area contributed by atoms with Crippen LogP contribution in [0.1, 0.15) is 102 Å². The lowest BCUT2D eigenvalue weighted by atomic mass is 10.1. The molecule has 0 N–H and O–H groups in total. The maximum Gasteiger partial charge on any atom is 0.306 e. The minimum absolute atomic E-state index is 0.215. The Morgan fingerprint density at radius 2 is 1.28 bits per heavy atom. The van der Waals surface area contributed by atoms with Gasteiger partial charge in [0.15, 0.2) is 0 Å². The summed E-state index contributed by atoms with van der Waals surface area (Å²) in [6, 6.07) is 7.84. The van der Waals surface area contributed by atoms with Crippen LogP contribution in [0.2, 0.25) is 0 Å². The number of benzene rings is 1. The van der Waals surface area contributed by atoms with Gasteiger partial charge in [-0.1, -0.05) is 89.0 Å². The van der Waals surface area contributed by atoms with Gasteiger partial charge < -0.3 is 9.47 Å². The highest BCUT2D eigenvalue weighted by molar-refractivity contribution is 5.72. The lowest BCUT2D eigenvalue weighted by molar-refractivity contribution is -0.146. The van der Waals surface area contributed by atoms with Crippen LogP contribution >= 0.6 is 0 Å². The zero-order valence-electron chi connectivity index (χ0n) is 18.5. The second kappa shape index (κ2) is 17.1. The molecule has 0 fully saturated rings. The smallest absolute Gasteiger partial charge is 0.306 e. The van der Waals surface area contributed by atoms with Gasteiger partial charge in [0, 0.05) is 12.8 Å². The molecule has 0 spiro atoms. The number of esters is 2. The van der Waals surface area contributed by atoms with Crippen LogP contribution in [0, 0.1) is 6.92 Å². The van der Waals surface area contributed by atoms with E-state index >= 15 is 0 Å². The molecule has 164 valence electrons. The van der Waals surface area contributed by atoms with Gasteiger partial charge in [0.05, 0.1) is 6.61 Å². The molecule has 1 aromatic carbocycles. The van der Waals surface area contributed by atoms with Crippen molar-refractivity contribution in [2.24, 2.45) is 0 Å². The van der Waals surface area contributed by atoms with Gasteiger partial charge in [-0.2, -0.15) is 0 Å². The topological polar surface area (TPSA) is 52.6 Å². The van der Waals surface area contributed by atoms with E-state index in [1.807, 2.05) is 31.2 Å². The quantitative estimate of drug-likeness (QED) is 0.215. The first-order valence-corrected chi connectivity index (χ1v) is 11.5. The molecule has 0 saturated carbocycles. The van der Waals surface area contributed by atoms with Gasteiger partial charge >= 0.3 is 11.9 Å². The molecule has 29 heavy (non-hydrogen) atoms. The van der Waals surface area contributed by atoms with Crippen molar-refractivity contribution in [2.45, 2.75) is 104 Å². The monoisotopic (exact) mass is 404 g/mol. The van der Waals surface area contributed by atoms with E-state index in [2.05, 4.69) is 6.92 Å². The van der Waals surface area contributed by atoms with Crippen LogP contribution in [0.3, 0.4) is 0 Å². The molecule has 0 amide bonds. The zero-order valence-corrected chi connectivity index (χ0v) is 18.5. The molecule has 0 atom stereocenters. The van der Waals surface area contributed by atoms with Gasteiger partial charge in [0.1, 0.15) is 6.61 Å². The summed E-state index contributed by atoms with van der Waals surface area (Å²) in [7, 11) is 0. The van der Waals surface area contributed by atoms with Crippen molar-refractivity contribution >= 4 is 11.9 Å². The molecule has 0 heterocycles. The van der Waals surface area contributed by atoms with Gasteiger partial charge in [-0.05, 0) is 30.9 Å². The summed E-state index contributed by atoms with van der Waals surface area (Å²) >= 11 is 0. The molecule has 0 aliphatic carbocycles. The Morgan fingerprint density at radius 3 is 1.90 bits per heavy atom. The standard InChI is InChI=1S/C25H40O4/c1-3-4-5-6-7-8-9-10-11-14-20-28-24(26)18-15-19-25(27)29-21-23-17-13-12-16-22(23)2/h12-13,16-17H,3-11,14-15,18-21H2,1-2H3. The van der Waals surface area contributed by atoms with Crippen molar-refractivity contribution in [3.63, 3.8) is 0 Å². The number of hydrogen-bond donors (Lipinski definition) is 0. The first-order chi connectivity index (χ1) is 14.1. The summed E-state index contributed by atoms with van der Waals surface area (Å²) in [6.45, 7) is 5.02. The SMILES string of the molecule is CCCCCCCCCCCCOC(=O)CCCC(=O)OCc1ccccc1C. The van der Waals surface area contributed by atoms with E-state index in [0.717, 1.165) is 24.0 Å². The summed E-state index contributed by atoms with van der Waals surface area (Å²) < 4.78 is 10.5. The lowest BCUT2D eigenvalue weighted by Crippen LogP contribution is -2.09. The Balaban J connectivity index is 1.91. The average molecular weight is 405 g/mol. The minimum atomic E-state index is -0.268. The third-order valence-electron chi connectivity index (χ3n) is 5.17. The fourth-order valence-corrected chi connectivity index (χ4v) is 3.23. The predicted octanol–water partition coefficient (Wildman–Crippen LogP) is 6.67. The summed E-state index contributed by atoms with van der Waals surface area (Å²) in [4.78, 5) is 23.5. The van der Waals surface area contributed by atoms with Crippen LogP contribution in [0.5, 0.6) is 0 Å². The Morgan fingerprint density at radius 1 is 0.724 bits per heavy atom. The zero-order chi connectivity index (χ0) is 21.2. The highest BCUT2D eigenvalue weighted by Crippen LogP contribution is 2.11. The number of hydrogen-bond acceptors (Lipinski definition) is 4. The second-order valence-corrected chi connectivity index (χ2v) is 7.84. The van der Waals surface area contributed by atoms with Crippen LogP contribution in [0.25, 0.3) is 0 Å². The van der Waals surface area contributed by atoms with E-state index in [1.165, 1.54) is 51.4 Å². The van der Waals surface area contributed by atoms with Crippen LogP contribution in [0.4, 0.5) is 0 Å². The number of ether oxygens (including phenoxy) is 2. The van der Waals surface area contributed by atoms with Gasteiger partial charge in [0.25, 0.3) is 0 Å². The molecule has 0 radical (unpaired) electrons. The Bertz CT molecular complexity index is 568. The van der Waals surface area contributed by atoms with Crippen molar-refractivity contribution < 1.29 is 19.1 Å². The second-order valence-electron chi connectivity index (χ2n) is 7.84. The molecule has 0 saturated heterocycles. The normalized spacial score (nSPS) is 10.7. The van der Waals surface area contributed by atoms with Crippen molar-refractivity contribution in [1.82, 2.24) is 0 Å². The van der Waals surface area contributed by atoms with E-state index < -0.39 is 0 Å². The summed E-state index contributed by atoms with van der Waals surface area (Å²) in [5.41, 5.74) is 2.12. The predicted molar refractivity (Wildman–Crippen MR) is 118 cm³/mol. The largest absolute Gasteiger partial charge is 0.466 e. The molecular weight excluding hydrogens is 364 g/mol. The minimum Gasteiger partial charge on any atom is -0.466 e. The molecule has 0 aliphatic heterocycles. The number of aryl methyl sites for hydroxylation is 1. The fraction of sp³-hybridized carbons (Fsp3) is 0.680. The van der Waals surface area contributed by atoms with Crippen LogP contribution in [-0.4, -0.2) is 18.5 Å². The Hall–Kier alpha value is -1.84. The van der Waals surface area contributed by atoms with Gasteiger partial charge in [-0.15, -0.1) is 0 Å². The third kappa shape index (κ3) is 13.9. The van der Waals surface area contributed by atoms with E-state index in [9.17, 15) is 9.59 Å². The molecule has 4 heteroatoms. The number of unbranched alkanes of at least 4 members (excludes halogenated alkanes) is 9. The number of carbonyl (C=O) groups is 2. The molecule has 0 unspecified atom stereocenters. The summed E-state index contributed by atoms with van der Waals surface area (Å²) in [5.74, 6) is -0.483. The van der Waals surface area contributed by atoms with Gasteiger partial charge in [-0.3, -0.25) is 9.59 Å². The van der Waals surface area contributed by atoms with E-state index in [0.29, 0.717) is 13.0 Å². The van der Waals surface area contributed by atoms with Crippen LogP contribution in [0.15, 0.2) is 24.3 Å². The first-order valence-electron chi connectivity index (χ1n) is 11.5. The van der Waals surface area contributed by atoms with Gasteiger partial charge in [-0.25, -0.2) is 0 Å². The van der Waals surface area contributed by atoms with Crippen LogP contribution < -0.4 is 0 Å². The first kappa shape index (κ1) is 25.2. The van der Waals surface area contributed by atoms with E-state index in [-0.39, 0.29) is 31.4 Å². The molecule has 0 aromatic heterocycles. The molecule has 1 rings (SSSR count). The van der Waals surface area contributed by atoms with Crippen molar-refractivity contribution in [3.05, 3.63) is 35.4 Å². The Labute approximate surface area is 177 Å². The van der Waals surface area contributed by atoms with Crippen molar-refractivity contribution in [3.8, 4) is 0 Å². The highest BCUT2D eigenvalue weighted by atomic mass is 16.5. The fourth-order valence-electron chi connectivity index (χ4n) is 3.23. The lowest BCUT2D eigenvalue weighted by Gasteiger charge is -2.07. The van der Waals surface area contributed by atoms with Gasteiger partial charge in [0.2, 0.25) is 0 Å². The highest BCUT2D eigenvalue weighted by Gasteiger charge is 2.08. The van der Waals surface area contributed by atoms with E-state index in [4.69, 9.17) is 9.47 Å². The molecule has 1 aromatic rings. The maximum atomic E-state index is 11.8. The number of rotatable bonds is 17.